The molecule has 1 unspecified atom stereocenters. The van der Waals surface area contributed by atoms with Crippen molar-refractivity contribution in [2.45, 2.75) is 45.1 Å². The van der Waals surface area contributed by atoms with Crippen LogP contribution in [0.5, 0.6) is 0 Å². The molecule has 24 heavy (non-hydrogen) atoms. The van der Waals surface area contributed by atoms with Crippen LogP contribution in [0.25, 0.3) is 0 Å². The number of nitrogens with one attached hydrogen (secondary N) is 1. The van der Waals surface area contributed by atoms with Crippen molar-refractivity contribution >= 4 is 29.9 Å². The Bertz CT molecular complexity index is 559. The van der Waals surface area contributed by atoms with Crippen molar-refractivity contribution in [3.63, 3.8) is 0 Å². The van der Waals surface area contributed by atoms with Crippen LogP contribution >= 0.6 is 12.4 Å². The van der Waals surface area contributed by atoms with E-state index in [1.165, 1.54) is 19.3 Å². The molecular formula is C18H28ClN3O2. The van der Waals surface area contributed by atoms with E-state index in [0.717, 1.165) is 12.8 Å². The van der Waals surface area contributed by atoms with Crippen molar-refractivity contribution in [1.29, 1.82) is 0 Å². The Labute approximate surface area is 150 Å². The molecule has 134 valence electrons. The standard InChI is InChI=1S/C18H27N3O2.ClH/c1-13(12-19)17(22)20-16-11-7-6-10-15(16)18(23)21(2)14-8-4-3-5-9-14;/h6-7,10-11,13-14H,3-5,8-9,12,19H2,1-2H3,(H,20,22);1H. The zero-order valence-electron chi connectivity index (χ0n) is 14.5. The lowest BCUT2D eigenvalue weighted by Gasteiger charge is -2.31. The highest BCUT2D eigenvalue weighted by molar-refractivity contribution is 6.04. The van der Waals surface area contributed by atoms with Crippen LogP contribution in [0, 0.1) is 5.92 Å². The average molecular weight is 354 g/mol. The van der Waals surface area contributed by atoms with Crippen LogP contribution in [0.15, 0.2) is 24.3 Å². The molecule has 0 heterocycles. The van der Waals surface area contributed by atoms with Crippen molar-refractivity contribution in [2.24, 2.45) is 11.7 Å². The van der Waals surface area contributed by atoms with Gasteiger partial charge in [0.1, 0.15) is 0 Å². The Morgan fingerprint density at radius 1 is 1.25 bits per heavy atom. The second-order valence-electron chi connectivity index (χ2n) is 6.38. The van der Waals surface area contributed by atoms with E-state index in [4.69, 9.17) is 5.73 Å². The summed E-state index contributed by atoms with van der Waals surface area (Å²) in [7, 11) is 1.86. The molecule has 3 N–H and O–H groups in total. The fourth-order valence-corrected chi connectivity index (χ4v) is 2.97. The number of nitrogens with two attached hydrogens (primary N) is 1. The summed E-state index contributed by atoms with van der Waals surface area (Å²) in [4.78, 5) is 26.7. The summed E-state index contributed by atoms with van der Waals surface area (Å²) in [5.41, 5.74) is 6.63. The molecule has 1 saturated carbocycles. The molecule has 0 aliphatic heterocycles. The minimum absolute atomic E-state index is 0. The van der Waals surface area contributed by atoms with Gasteiger partial charge in [-0.05, 0) is 25.0 Å². The van der Waals surface area contributed by atoms with Crippen LogP contribution in [0.3, 0.4) is 0 Å². The van der Waals surface area contributed by atoms with Crippen molar-refractivity contribution in [3.8, 4) is 0 Å². The molecule has 6 heteroatoms. The number of nitrogens with zero attached hydrogens (tertiary/aromatic N) is 1. The first kappa shape index (κ1) is 20.5. The lowest BCUT2D eigenvalue weighted by Crippen LogP contribution is -2.38. The van der Waals surface area contributed by atoms with E-state index < -0.39 is 0 Å². The van der Waals surface area contributed by atoms with Crippen LogP contribution in [0.2, 0.25) is 0 Å². The second kappa shape index (κ2) is 9.64. The number of para-hydroxylation sites is 1. The van der Waals surface area contributed by atoms with Gasteiger partial charge in [-0.2, -0.15) is 0 Å². The minimum atomic E-state index is -0.283. The number of benzene rings is 1. The molecule has 1 atom stereocenters. The van der Waals surface area contributed by atoms with E-state index >= 15 is 0 Å². The van der Waals surface area contributed by atoms with Crippen molar-refractivity contribution in [2.75, 3.05) is 18.9 Å². The van der Waals surface area contributed by atoms with E-state index in [2.05, 4.69) is 5.32 Å². The number of hydrogen-bond acceptors (Lipinski definition) is 3. The van der Waals surface area contributed by atoms with Gasteiger partial charge in [-0.1, -0.05) is 38.3 Å². The molecule has 0 aromatic heterocycles. The Morgan fingerprint density at radius 3 is 2.50 bits per heavy atom. The molecule has 0 spiro atoms. The van der Waals surface area contributed by atoms with Crippen molar-refractivity contribution < 1.29 is 9.59 Å². The summed E-state index contributed by atoms with van der Waals surface area (Å²) < 4.78 is 0. The van der Waals surface area contributed by atoms with E-state index in [1.807, 2.05) is 24.1 Å². The average Bonchev–Trinajstić information content (AvgIpc) is 2.60. The number of rotatable bonds is 5. The number of halogens is 1. The van der Waals surface area contributed by atoms with Gasteiger partial charge in [-0.3, -0.25) is 9.59 Å². The predicted octanol–water partition coefficient (Wildman–Crippen LogP) is 3.05. The Hall–Kier alpha value is -1.59. The van der Waals surface area contributed by atoms with Gasteiger partial charge in [-0.25, -0.2) is 0 Å². The molecule has 0 radical (unpaired) electrons. The maximum Gasteiger partial charge on any atom is 0.255 e. The third-order valence-corrected chi connectivity index (χ3v) is 4.66. The molecule has 1 aromatic carbocycles. The highest BCUT2D eigenvalue weighted by atomic mass is 35.5. The lowest BCUT2D eigenvalue weighted by atomic mass is 9.94. The van der Waals surface area contributed by atoms with Crippen molar-refractivity contribution in [1.82, 2.24) is 4.90 Å². The SMILES string of the molecule is CC(CN)C(=O)Nc1ccccc1C(=O)N(C)C1CCCCC1.Cl. The van der Waals surface area contributed by atoms with Crippen LogP contribution in [-0.4, -0.2) is 36.3 Å². The number of carbonyl (C=O) groups excluding carboxylic acids is 2. The quantitative estimate of drug-likeness (QED) is 0.854. The first-order valence-electron chi connectivity index (χ1n) is 8.41. The molecule has 0 bridgehead atoms. The summed E-state index contributed by atoms with van der Waals surface area (Å²) in [5, 5.41) is 2.83. The monoisotopic (exact) mass is 353 g/mol. The number of carbonyl (C=O) groups is 2. The van der Waals surface area contributed by atoms with E-state index in [-0.39, 0.29) is 36.7 Å². The smallest absolute Gasteiger partial charge is 0.255 e. The number of anilines is 1. The zero-order chi connectivity index (χ0) is 16.8. The van der Waals surface area contributed by atoms with E-state index in [0.29, 0.717) is 17.3 Å². The third kappa shape index (κ3) is 4.95. The molecule has 1 aromatic rings. The Morgan fingerprint density at radius 2 is 1.88 bits per heavy atom. The molecule has 0 saturated heterocycles. The van der Waals surface area contributed by atoms with Crippen molar-refractivity contribution in [3.05, 3.63) is 29.8 Å². The van der Waals surface area contributed by atoms with E-state index in [9.17, 15) is 9.59 Å². The van der Waals surface area contributed by atoms with Gasteiger partial charge >= 0.3 is 0 Å². The highest BCUT2D eigenvalue weighted by Crippen LogP contribution is 2.25. The van der Waals surface area contributed by atoms with E-state index in [1.54, 1.807) is 19.1 Å². The summed E-state index contributed by atoms with van der Waals surface area (Å²) >= 11 is 0. The molecule has 2 amide bonds. The normalized spacial score (nSPS) is 16.0. The van der Waals surface area contributed by atoms with Crippen LogP contribution in [0.4, 0.5) is 5.69 Å². The molecule has 5 nitrogen and oxygen atoms in total. The molecular weight excluding hydrogens is 326 g/mol. The summed E-state index contributed by atoms with van der Waals surface area (Å²) in [6.07, 6.45) is 5.72. The third-order valence-electron chi connectivity index (χ3n) is 4.66. The van der Waals surface area contributed by atoms with Crippen LogP contribution in [0.1, 0.15) is 49.4 Å². The van der Waals surface area contributed by atoms with Gasteiger partial charge in [0.05, 0.1) is 11.3 Å². The predicted molar refractivity (Wildman–Crippen MR) is 99.5 cm³/mol. The maximum absolute atomic E-state index is 12.8. The maximum atomic E-state index is 12.8. The number of hydrogen-bond donors (Lipinski definition) is 2. The fourth-order valence-electron chi connectivity index (χ4n) is 2.97. The largest absolute Gasteiger partial charge is 0.339 e. The fraction of sp³-hybridized carbons (Fsp3) is 0.556. The van der Waals surface area contributed by atoms with Gasteiger partial charge < -0.3 is 16.0 Å². The van der Waals surface area contributed by atoms with Gasteiger partial charge in [-0.15, -0.1) is 12.4 Å². The van der Waals surface area contributed by atoms with Gasteiger partial charge in [0, 0.05) is 25.6 Å². The van der Waals surface area contributed by atoms with Gasteiger partial charge in [0.2, 0.25) is 5.91 Å². The summed E-state index contributed by atoms with van der Waals surface area (Å²) in [6.45, 7) is 2.05. The van der Waals surface area contributed by atoms with Crippen LogP contribution in [-0.2, 0) is 4.79 Å². The molecule has 1 aliphatic rings. The Kier molecular flexibility index (Phi) is 8.22. The highest BCUT2D eigenvalue weighted by Gasteiger charge is 2.25. The zero-order valence-corrected chi connectivity index (χ0v) is 15.3. The summed E-state index contributed by atoms with van der Waals surface area (Å²) in [6, 6.07) is 7.47. The first-order valence-corrected chi connectivity index (χ1v) is 8.41. The van der Waals surface area contributed by atoms with Gasteiger partial charge in [0.15, 0.2) is 0 Å². The molecule has 1 aliphatic carbocycles. The first-order chi connectivity index (χ1) is 11.0. The molecule has 2 rings (SSSR count). The second-order valence-corrected chi connectivity index (χ2v) is 6.38. The molecule has 1 fully saturated rings. The minimum Gasteiger partial charge on any atom is -0.339 e. The number of amides is 2. The van der Waals surface area contributed by atoms with Crippen LogP contribution < -0.4 is 11.1 Å². The lowest BCUT2D eigenvalue weighted by molar-refractivity contribution is -0.119. The topological polar surface area (TPSA) is 75.4 Å². The van der Waals surface area contributed by atoms with Gasteiger partial charge in [0.25, 0.3) is 5.91 Å². The summed E-state index contributed by atoms with van der Waals surface area (Å²) in [5.74, 6) is -0.476. The Balaban J connectivity index is 0.00000288.